The van der Waals surface area contributed by atoms with Gasteiger partial charge in [-0.1, -0.05) is 31.9 Å². The van der Waals surface area contributed by atoms with E-state index in [9.17, 15) is 19.5 Å². The van der Waals surface area contributed by atoms with E-state index < -0.39 is 18.2 Å². The van der Waals surface area contributed by atoms with Crippen molar-refractivity contribution < 1.29 is 9.90 Å². The molecule has 1 aromatic heterocycles. The summed E-state index contributed by atoms with van der Waals surface area (Å²) in [6.45, 7) is 1.91. The molecular formula is C29H39N3O4. The van der Waals surface area contributed by atoms with Crippen LogP contribution >= 0.6 is 0 Å². The lowest BCUT2D eigenvalue weighted by Crippen LogP contribution is -2.59. The van der Waals surface area contributed by atoms with Crippen molar-refractivity contribution in [2.24, 2.45) is 17.8 Å². The Morgan fingerprint density at radius 3 is 2.19 bits per heavy atom. The van der Waals surface area contributed by atoms with Crippen molar-refractivity contribution in [2.45, 2.75) is 108 Å². The molecule has 7 nitrogen and oxygen atoms in total. The van der Waals surface area contributed by atoms with Crippen LogP contribution in [0.3, 0.4) is 0 Å². The lowest BCUT2D eigenvalue weighted by molar-refractivity contribution is -0.137. The van der Waals surface area contributed by atoms with Gasteiger partial charge in [-0.3, -0.25) is 23.6 Å². The highest BCUT2D eigenvalue weighted by Gasteiger charge is 2.46. The molecule has 194 valence electrons. The number of para-hydroxylation sites is 1. The molecule has 6 rings (SSSR count). The van der Waals surface area contributed by atoms with Crippen LogP contribution in [0.5, 0.6) is 0 Å². The highest BCUT2D eigenvalue weighted by atomic mass is 16.4. The van der Waals surface area contributed by atoms with Gasteiger partial charge in [0.15, 0.2) is 0 Å². The molecule has 2 aliphatic heterocycles. The zero-order valence-electron chi connectivity index (χ0n) is 21.3. The number of carboxylic acid groups (broad SMARTS) is 1. The van der Waals surface area contributed by atoms with Gasteiger partial charge in [-0.05, 0) is 87.7 Å². The van der Waals surface area contributed by atoms with Crippen molar-refractivity contribution in [3.63, 3.8) is 0 Å². The lowest BCUT2D eigenvalue weighted by Gasteiger charge is -2.55. The van der Waals surface area contributed by atoms with Crippen molar-refractivity contribution in [3.05, 3.63) is 45.1 Å². The second-order valence-electron chi connectivity index (χ2n) is 12.1. The number of hydrogen-bond donors (Lipinski definition) is 1. The van der Waals surface area contributed by atoms with Gasteiger partial charge < -0.3 is 5.11 Å². The van der Waals surface area contributed by atoms with Crippen LogP contribution in [0, 0.1) is 17.8 Å². The molecule has 2 unspecified atom stereocenters. The molecular weight excluding hydrogens is 454 g/mol. The van der Waals surface area contributed by atoms with Crippen LogP contribution < -0.4 is 11.2 Å². The fraction of sp³-hybridized carbons (Fsp3) is 0.690. The number of carboxylic acids is 1. The Labute approximate surface area is 212 Å². The highest BCUT2D eigenvalue weighted by Crippen LogP contribution is 2.48. The summed E-state index contributed by atoms with van der Waals surface area (Å²) >= 11 is 0. The third-order valence-electron chi connectivity index (χ3n) is 9.96. The summed E-state index contributed by atoms with van der Waals surface area (Å²) in [5, 5.41) is 9.91. The van der Waals surface area contributed by atoms with Gasteiger partial charge in [-0.25, -0.2) is 4.79 Å². The van der Waals surface area contributed by atoms with Crippen molar-refractivity contribution in [1.29, 1.82) is 0 Å². The standard InChI is InChI=1S/C29H39N3O4/c1-2-18-10-19-12-20(11-18)14-23(13-19)31-21-6-5-7-22(31)16-24(15-21)32-28(35)25-8-3-4-9-26(25)30(29(32)36)17-27(33)34/h3-4,8-9,18-24H,2,5-7,10-17H2,1H3,(H,33,34)/t18?,19-,20+,21-,22+,23+,24?. The fourth-order valence-electron chi connectivity index (χ4n) is 8.68. The van der Waals surface area contributed by atoms with Crippen molar-refractivity contribution in [2.75, 3.05) is 0 Å². The number of benzene rings is 1. The molecule has 7 atom stereocenters. The molecule has 3 heterocycles. The molecule has 2 aliphatic carbocycles. The third-order valence-corrected chi connectivity index (χ3v) is 9.96. The van der Waals surface area contributed by atoms with E-state index in [0.29, 0.717) is 29.0 Å². The van der Waals surface area contributed by atoms with E-state index in [1.54, 1.807) is 24.3 Å². The topological polar surface area (TPSA) is 84.5 Å². The first-order valence-corrected chi connectivity index (χ1v) is 14.2. The Morgan fingerprint density at radius 1 is 0.889 bits per heavy atom. The Bertz CT molecular complexity index is 1240. The average molecular weight is 494 g/mol. The third kappa shape index (κ3) is 4.13. The van der Waals surface area contributed by atoms with Gasteiger partial charge in [0, 0.05) is 24.2 Å². The number of fused-ring (bicyclic) bond motifs is 5. The SMILES string of the molecule is CCC1C[C@@H]2C[C@H](C1)C[C@@H](N1[C@@H]3CCC[C@H]1CC(n1c(=O)c4ccccc4n(CC(=O)O)c1=O)C3)C2. The molecule has 1 N–H and O–H groups in total. The smallest absolute Gasteiger partial charge is 0.332 e. The highest BCUT2D eigenvalue weighted by molar-refractivity contribution is 5.79. The first-order valence-electron chi connectivity index (χ1n) is 14.2. The molecule has 36 heavy (non-hydrogen) atoms. The number of aliphatic carboxylic acids is 1. The molecule has 4 bridgehead atoms. The molecule has 2 aromatic rings. The zero-order chi connectivity index (χ0) is 25.0. The van der Waals surface area contributed by atoms with Crippen LogP contribution in [0.25, 0.3) is 10.9 Å². The molecule has 1 aromatic carbocycles. The number of rotatable bonds is 5. The number of hydrogen-bond acceptors (Lipinski definition) is 4. The summed E-state index contributed by atoms with van der Waals surface area (Å²) in [5.41, 5.74) is -0.343. The molecule has 2 saturated heterocycles. The molecule has 7 heteroatoms. The van der Waals surface area contributed by atoms with Crippen LogP contribution in [0.1, 0.15) is 83.6 Å². The fourth-order valence-corrected chi connectivity index (χ4v) is 8.68. The first kappa shape index (κ1) is 24.0. The predicted octanol–water partition coefficient (Wildman–Crippen LogP) is 4.41. The van der Waals surface area contributed by atoms with Crippen LogP contribution in [0.15, 0.2) is 33.9 Å². The van der Waals surface area contributed by atoms with Crippen molar-refractivity contribution >= 4 is 16.9 Å². The minimum Gasteiger partial charge on any atom is -0.480 e. The Balaban J connectivity index is 1.31. The zero-order valence-corrected chi connectivity index (χ0v) is 21.3. The monoisotopic (exact) mass is 493 g/mol. The van der Waals surface area contributed by atoms with Gasteiger partial charge in [-0.15, -0.1) is 0 Å². The van der Waals surface area contributed by atoms with Gasteiger partial charge >= 0.3 is 11.7 Å². The minimum absolute atomic E-state index is 0.172. The summed E-state index contributed by atoms with van der Waals surface area (Å²) < 4.78 is 2.68. The number of aromatic nitrogens is 2. The summed E-state index contributed by atoms with van der Waals surface area (Å²) in [5.74, 6) is 1.55. The maximum absolute atomic E-state index is 13.6. The minimum atomic E-state index is -1.08. The van der Waals surface area contributed by atoms with Gasteiger partial charge in [0.05, 0.1) is 10.9 Å². The van der Waals surface area contributed by atoms with Gasteiger partial charge in [-0.2, -0.15) is 0 Å². The largest absolute Gasteiger partial charge is 0.480 e. The molecule has 0 amide bonds. The average Bonchev–Trinajstić information content (AvgIpc) is 2.85. The van der Waals surface area contributed by atoms with Crippen LogP contribution in [-0.2, 0) is 11.3 Å². The van der Waals surface area contributed by atoms with E-state index in [1.165, 1.54) is 54.1 Å². The van der Waals surface area contributed by atoms with Gasteiger partial charge in [0.25, 0.3) is 5.56 Å². The number of carbonyl (C=O) groups is 1. The molecule has 4 fully saturated rings. The van der Waals surface area contributed by atoms with Gasteiger partial charge in [0.2, 0.25) is 0 Å². The van der Waals surface area contributed by atoms with E-state index in [1.807, 2.05) is 0 Å². The second-order valence-corrected chi connectivity index (χ2v) is 12.1. The van der Waals surface area contributed by atoms with E-state index >= 15 is 0 Å². The Hall–Kier alpha value is -2.41. The van der Waals surface area contributed by atoms with E-state index in [4.69, 9.17) is 0 Å². The lowest BCUT2D eigenvalue weighted by atomic mass is 9.64. The maximum Gasteiger partial charge on any atom is 0.332 e. The molecule has 4 aliphatic rings. The summed E-state index contributed by atoms with van der Waals surface area (Å²) in [7, 11) is 0. The Kier molecular flexibility index (Phi) is 6.30. The van der Waals surface area contributed by atoms with E-state index in [0.717, 1.165) is 43.4 Å². The van der Waals surface area contributed by atoms with E-state index in [2.05, 4.69) is 11.8 Å². The number of piperidine rings is 2. The van der Waals surface area contributed by atoms with Crippen LogP contribution in [0.4, 0.5) is 0 Å². The van der Waals surface area contributed by atoms with Gasteiger partial charge in [0.1, 0.15) is 6.54 Å². The van der Waals surface area contributed by atoms with Crippen LogP contribution in [-0.4, -0.2) is 43.2 Å². The number of nitrogens with zero attached hydrogens (tertiary/aromatic N) is 3. The molecule has 0 spiro atoms. The normalized spacial score (nSPS) is 34.5. The van der Waals surface area contributed by atoms with Crippen molar-refractivity contribution in [1.82, 2.24) is 14.0 Å². The maximum atomic E-state index is 13.6. The quantitative estimate of drug-likeness (QED) is 0.667. The predicted molar refractivity (Wildman–Crippen MR) is 139 cm³/mol. The second kappa shape index (κ2) is 9.47. The Morgan fingerprint density at radius 2 is 1.56 bits per heavy atom. The van der Waals surface area contributed by atoms with E-state index in [-0.39, 0.29) is 11.6 Å². The summed E-state index contributed by atoms with van der Waals surface area (Å²) in [6.07, 6.45) is 13.2. The van der Waals surface area contributed by atoms with Crippen LogP contribution in [0.2, 0.25) is 0 Å². The molecule has 0 radical (unpaired) electrons. The van der Waals surface area contributed by atoms with Crippen molar-refractivity contribution in [3.8, 4) is 0 Å². The summed E-state index contributed by atoms with van der Waals surface area (Å²) in [4.78, 5) is 41.6. The first-order chi connectivity index (χ1) is 17.4. The molecule has 2 saturated carbocycles. The summed E-state index contributed by atoms with van der Waals surface area (Å²) in [6, 6.07) is 8.18.